The van der Waals surface area contributed by atoms with E-state index < -0.39 is 6.09 Å². The second kappa shape index (κ2) is 4.53. The first-order valence-corrected chi connectivity index (χ1v) is 5.44. The number of phenols is 1. The van der Waals surface area contributed by atoms with Gasteiger partial charge in [0.15, 0.2) is 6.10 Å². The monoisotopic (exact) mass is 237 g/mol. The van der Waals surface area contributed by atoms with Crippen LogP contribution in [0.5, 0.6) is 11.5 Å². The van der Waals surface area contributed by atoms with Crippen LogP contribution >= 0.6 is 0 Å². The Kier molecular flexibility index (Phi) is 3.08. The van der Waals surface area contributed by atoms with Crippen LogP contribution in [-0.2, 0) is 4.74 Å². The fourth-order valence-corrected chi connectivity index (χ4v) is 1.71. The first-order valence-electron chi connectivity index (χ1n) is 5.44. The number of aryl methyl sites for hydroxylation is 2. The van der Waals surface area contributed by atoms with E-state index in [2.05, 4.69) is 5.32 Å². The number of amides is 1. The molecule has 1 saturated heterocycles. The van der Waals surface area contributed by atoms with Crippen LogP contribution < -0.4 is 10.1 Å². The number of cyclic esters (lactones) is 1. The molecule has 0 aliphatic carbocycles. The minimum Gasteiger partial charge on any atom is -0.507 e. The minimum absolute atomic E-state index is 0.253. The number of rotatable bonds is 3. The summed E-state index contributed by atoms with van der Waals surface area (Å²) in [6.45, 7) is 4.40. The molecule has 5 nitrogen and oxygen atoms in total. The second-order valence-electron chi connectivity index (χ2n) is 4.12. The number of carbonyl (C=O) groups is 1. The van der Waals surface area contributed by atoms with Gasteiger partial charge in [-0.05, 0) is 37.1 Å². The van der Waals surface area contributed by atoms with Crippen LogP contribution in [0.25, 0.3) is 0 Å². The first-order chi connectivity index (χ1) is 8.06. The summed E-state index contributed by atoms with van der Waals surface area (Å²) >= 11 is 0. The zero-order chi connectivity index (χ0) is 12.4. The lowest BCUT2D eigenvalue weighted by molar-refractivity contribution is 0.105. The van der Waals surface area contributed by atoms with Crippen molar-refractivity contribution in [2.75, 3.05) is 13.2 Å². The van der Waals surface area contributed by atoms with E-state index in [1.807, 2.05) is 13.8 Å². The summed E-state index contributed by atoms with van der Waals surface area (Å²) in [6.07, 6.45) is -0.659. The number of nitrogens with one attached hydrogen (secondary N) is 1. The van der Waals surface area contributed by atoms with E-state index in [0.717, 1.165) is 11.1 Å². The van der Waals surface area contributed by atoms with Gasteiger partial charge in [0.25, 0.3) is 0 Å². The molecule has 0 saturated carbocycles. The molecule has 0 spiro atoms. The zero-order valence-corrected chi connectivity index (χ0v) is 9.82. The summed E-state index contributed by atoms with van der Waals surface area (Å²) in [7, 11) is 0. The third kappa shape index (κ3) is 2.61. The van der Waals surface area contributed by atoms with E-state index in [1.54, 1.807) is 12.1 Å². The molecule has 1 aromatic rings. The Labute approximate surface area is 99.3 Å². The molecule has 1 aliphatic heterocycles. The molecule has 1 aromatic carbocycles. The van der Waals surface area contributed by atoms with Crippen LogP contribution in [0.1, 0.15) is 11.1 Å². The standard InChI is InChI=1S/C12H15NO4/c1-7-3-9(4-8(2)11(7)14)16-6-10-5-13-12(15)17-10/h3-4,10,14H,5-6H2,1-2H3,(H,13,15). The number of aromatic hydroxyl groups is 1. The molecule has 17 heavy (non-hydrogen) atoms. The Morgan fingerprint density at radius 2 is 2.12 bits per heavy atom. The zero-order valence-electron chi connectivity index (χ0n) is 9.82. The van der Waals surface area contributed by atoms with Crippen molar-refractivity contribution in [2.24, 2.45) is 0 Å². The van der Waals surface area contributed by atoms with Crippen molar-refractivity contribution in [3.05, 3.63) is 23.3 Å². The molecule has 2 rings (SSSR count). The highest BCUT2D eigenvalue weighted by atomic mass is 16.6. The van der Waals surface area contributed by atoms with E-state index in [1.165, 1.54) is 0 Å². The van der Waals surface area contributed by atoms with Crippen LogP contribution in [0.15, 0.2) is 12.1 Å². The lowest BCUT2D eigenvalue weighted by Gasteiger charge is -2.12. The SMILES string of the molecule is Cc1cc(OCC2CNC(=O)O2)cc(C)c1O. The molecule has 1 unspecified atom stereocenters. The number of alkyl carbamates (subject to hydrolysis) is 1. The molecule has 1 aliphatic rings. The summed E-state index contributed by atoms with van der Waals surface area (Å²) in [4.78, 5) is 10.8. The van der Waals surface area contributed by atoms with E-state index in [0.29, 0.717) is 18.9 Å². The number of phenolic OH excluding ortho intramolecular Hbond substituents is 1. The summed E-state index contributed by atoms with van der Waals surface area (Å²) in [5, 5.41) is 12.2. The van der Waals surface area contributed by atoms with Crippen molar-refractivity contribution in [1.82, 2.24) is 5.32 Å². The quantitative estimate of drug-likeness (QED) is 0.835. The summed E-state index contributed by atoms with van der Waals surface area (Å²) in [5.74, 6) is 0.951. The third-order valence-electron chi connectivity index (χ3n) is 2.65. The molecular formula is C12H15NO4. The molecule has 0 aromatic heterocycles. The Balaban J connectivity index is 1.97. The fraction of sp³-hybridized carbons (Fsp3) is 0.417. The van der Waals surface area contributed by atoms with Crippen LogP contribution in [-0.4, -0.2) is 30.5 Å². The normalized spacial score (nSPS) is 18.7. The number of hydrogen-bond acceptors (Lipinski definition) is 4. The Morgan fingerprint density at radius 1 is 1.47 bits per heavy atom. The number of hydrogen-bond donors (Lipinski definition) is 2. The number of ether oxygens (including phenoxy) is 2. The van der Waals surface area contributed by atoms with Crippen molar-refractivity contribution < 1.29 is 19.4 Å². The molecular weight excluding hydrogens is 222 g/mol. The van der Waals surface area contributed by atoms with E-state index in [9.17, 15) is 9.90 Å². The van der Waals surface area contributed by atoms with E-state index >= 15 is 0 Å². The second-order valence-corrected chi connectivity index (χ2v) is 4.12. The van der Waals surface area contributed by atoms with Crippen molar-refractivity contribution >= 4 is 6.09 Å². The molecule has 0 radical (unpaired) electrons. The van der Waals surface area contributed by atoms with Crippen molar-refractivity contribution in [3.8, 4) is 11.5 Å². The lowest BCUT2D eigenvalue weighted by Crippen LogP contribution is -2.21. The van der Waals surface area contributed by atoms with Gasteiger partial charge in [0, 0.05) is 0 Å². The van der Waals surface area contributed by atoms with Gasteiger partial charge < -0.3 is 19.9 Å². The lowest BCUT2D eigenvalue weighted by atomic mass is 10.1. The third-order valence-corrected chi connectivity index (χ3v) is 2.65. The highest BCUT2D eigenvalue weighted by molar-refractivity contribution is 5.69. The Bertz CT molecular complexity index is 421. The van der Waals surface area contributed by atoms with Gasteiger partial charge >= 0.3 is 6.09 Å². The predicted octanol–water partition coefficient (Wildman–Crippen LogP) is 1.50. The molecule has 1 amide bonds. The Morgan fingerprint density at radius 3 is 2.65 bits per heavy atom. The number of carbonyl (C=O) groups excluding carboxylic acids is 1. The van der Waals surface area contributed by atoms with Crippen molar-refractivity contribution in [3.63, 3.8) is 0 Å². The van der Waals surface area contributed by atoms with Gasteiger partial charge in [0.05, 0.1) is 6.54 Å². The molecule has 2 N–H and O–H groups in total. The van der Waals surface area contributed by atoms with Gasteiger partial charge in [0.1, 0.15) is 18.1 Å². The molecule has 5 heteroatoms. The van der Waals surface area contributed by atoms with E-state index in [-0.39, 0.29) is 11.9 Å². The van der Waals surface area contributed by atoms with Gasteiger partial charge in [-0.25, -0.2) is 4.79 Å². The predicted molar refractivity (Wildman–Crippen MR) is 61.3 cm³/mol. The molecule has 92 valence electrons. The molecule has 1 atom stereocenters. The highest BCUT2D eigenvalue weighted by Gasteiger charge is 2.22. The van der Waals surface area contributed by atoms with Gasteiger partial charge in [-0.3, -0.25) is 0 Å². The first kappa shape index (κ1) is 11.6. The topological polar surface area (TPSA) is 67.8 Å². The van der Waals surface area contributed by atoms with E-state index in [4.69, 9.17) is 9.47 Å². The van der Waals surface area contributed by atoms with Crippen molar-refractivity contribution in [1.29, 1.82) is 0 Å². The van der Waals surface area contributed by atoms with Gasteiger partial charge in [-0.15, -0.1) is 0 Å². The molecule has 1 heterocycles. The largest absolute Gasteiger partial charge is 0.507 e. The van der Waals surface area contributed by atoms with Gasteiger partial charge in [-0.2, -0.15) is 0 Å². The smallest absolute Gasteiger partial charge is 0.407 e. The fourth-order valence-electron chi connectivity index (χ4n) is 1.71. The van der Waals surface area contributed by atoms with Crippen LogP contribution in [0.4, 0.5) is 4.79 Å². The average Bonchev–Trinajstić information content (AvgIpc) is 2.69. The summed E-state index contributed by atoms with van der Waals surface area (Å²) < 4.78 is 10.5. The summed E-state index contributed by atoms with van der Waals surface area (Å²) in [6, 6.07) is 3.51. The Hall–Kier alpha value is -1.91. The van der Waals surface area contributed by atoms with Gasteiger partial charge in [-0.1, -0.05) is 0 Å². The van der Waals surface area contributed by atoms with Crippen molar-refractivity contribution in [2.45, 2.75) is 20.0 Å². The molecule has 1 fully saturated rings. The average molecular weight is 237 g/mol. The summed E-state index contributed by atoms with van der Waals surface area (Å²) in [5.41, 5.74) is 1.53. The molecule has 0 bridgehead atoms. The minimum atomic E-state index is -0.406. The van der Waals surface area contributed by atoms with Crippen LogP contribution in [0.2, 0.25) is 0 Å². The maximum absolute atomic E-state index is 10.8. The van der Waals surface area contributed by atoms with Crippen LogP contribution in [0, 0.1) is 13.8 Å². The number of benzene rings is 1. The van der Waals surface area contributed by atoms with Crippen LogP contribution in [0.3, 0.4) is 0 Å². The van der Waals surface area contributed by atoms with Gasteiger partial charge in [0.2, 0.25) is 0 Å². The maximum Gasteiger partial charge on any atom is 0.407 e. The highest BCUT2D eigenvalue weighted by Crippen LogP contribution is 2.27. The maximum atomic E-state index is 10.8.